The number of nitrogens with one attached hydrogen (secondary N) is 1. The van der Waals surface area contributed by atoms with Gasteiger partial charge in [0, 0.05) is 42.8 Å². The van der Waals surface area contributed by atoms with Crippen LogP contribution in [0.4, 0.5) is 11.4 Å². The molecule has 1 fully saturated rings. The van der Waals surface area contributed by atoms with E-state index in [1.807, 2.05) is 42.6 Å². The molecule has 2 aliphatic rings. The molecule has 1 aromatic heterocycles. The van der Waals surface area contributed by atoms with Gasteiger partial charge < -0.3 is 19.7 Å². The molecule has 1 saturated heterocycles. The Morgan fingerprint density at radius 2 is 1.94 bits per heavy atom. The van der Waals surface area contributed by atoms with E-state index in [1.54, 1.807) is 27.9 Å². The Morgan fingerprint density at radius 3 is 2.77 bits per heavy atom. The fraction of sp³-hybridized carbons (Fsp3) is 0.261. The van der Waals surface area contributed by atoms with Crippen LogP contribution in [0.5, 0.6) is 11.5 Å². The Labute approximate surface area is 179 Å². The Morgan fingerprint density at radius 1 is 1.10 bits per heavy atom. The van der Waals surface area contributed by atoms with Crippen molar-refractivity contribution in [3.63, 3.8) is 0 Å². The molecule has 3 heterocycles. The maximum atomic E-state index is 13.0. The molecule has 0 saturated carbocycles. The third kappa shape index (κ3) is 3.96. The Balaban J connectivity index is 1.29. The first-order valence-electron chi connectivity index (χ1n) is 10.2. The van der Waals surface area contributed by atoms with Crippen LogP contribution in [0.1, 0.15) is 12.0 Å². The summed E-state index contributed by atoms with van der Waals surface area (Å²) in [6.07, 6.45) is 3.76. The number of anilines is 2. The Bertz CT molecular complexity index is 1110. The van der Waals surface area contributed by atoms with E-state index >= 15 is 0 Å². The van der Waals surface area contributed by atoms with Gasteiger partial charge in [0.05, 0.1) is 12.5 Å². The minimum Gasteiger partial charge on any atom is -0.486 e. The van der Waals surface area contributed by atoms with Crippen molar-refractivity contribution in [1.82, 2.24) is 9.78 Å². The number of amides is 2. The highest BCUT2D eigenvalue weighted by atomic mass is 16.6. The molecule has 31 heavy (non-hydrogen) atoms. The molecule has 0 bridgehead atoms. The topological polar surface area (TPSA) is 85.7 Å². The Kier molecular flexibility index (Phi) is 5.03. The van der Waals surface area contributed by atoms with Gasteiger partial charge in [-0.2, -0.15) is 5.10 Å². The fourth-order valence-electron chi connectivity index (χ4n) is 3.92. The van der Waals surface area contributed by atoms with Crippen molar-refractivity contribution in [2.24, 2.45) is 5.92 Å². The maximum Gasteiger partial charge on any atom is 0.229 e. The summed E-state index contributed by atoms with van der Waals surface area (Å²) < 4.78 is 13.0. The molecule has 1 atom stereocenters. The lowest BCUT2D eigenvalue weighted by molar-refractivity contribution is -0.122. The van der Waals surface area contributed by atoms with Crippen molar-refractivity contribution in [2.45, 2.75) is 13.0 Å². The van der Waals surface area contributed by atoms with E-state index in [-0.39, 0.29) is 18.2 Å². The van der Waals surface area contributed by atoms with Gasteiger partial charge in [-0.15, -0.1) is 0 Å². The zero-order valence-electron chi connectivity index (χ0n) is 16.9. The van der Waals surface area contributed by atoms with Crippen LogP contribution >= 0.6 is 0 Å². The van der Waals surface area contributed by atoms with Gasteiger partial charge in [0.1, 0.15) is 13.2 Å². The zero-order valence-corrected chi connectivity index (χ0v) is 16.9. The van der Waals surface area contributed by atoms with Crippen molar-refractivity contribution in [3.05, 3.63) is 66.5 Å². The second-order valence-corrected chi connectivity index (χ2v) is 7.58. The van der Waals surface area contributed by atoms with Gasteiger partial charge in [0.15, 0.2) is 11.5 Å². The van der Waals surface area contributed by atoms with Crippen molar-refractivity contribution in [3.8, 4) is 11.5 Å². The number of carbonyl (C=O) groups excluding carboxylic acids is 2. The summed E-state index contributed by atoms with van der Waals surface area (Å²) in [5.74, 6) is 0.614. The number of fused-ring (bicyclic) bond motifs is 1. The quantitative estimate of drug-likeness (QED) is 0.689. The minimum absolute atomic E-state index is 0.0818. The summed E-state index contributed by atoms with van der Waals surface area (Å²) in [5, 5.41) is 7.23. The van der Waals surface area contributed by atoms with Crippen LogP contribution in [0.3, 0.4) is 0 Å². The summed E-state index contributed by atoms with van der Waals surface area (Å²) in [6, 6.07) is 14.9. The lowest BCUT2D eigenvalue weighted by Gasteiger charge is -2.22. The van der Waals surface area contributed by atoms with E-state index in [4.69, 9.17) is 9.47 Å². The summed E-state index contributed by atoms with van der Waals surface area (Å²) in [7, 11) is 0. The number of rotatable bonds is 5. The molecule has 2 aliphatic heterocycles. The molecule has 5 rings (SSSR count). The number of ether oxygens (including phenoxy) is 2. The first-order valence-corrected chi connectivity index (χ1v) is 10.2. The van der Waals surface area contributed by atoms with E-state index in [0.29, 0.717) is 43.5 Å². The molecule has 2 amide bonds. The molecule has 2 aromatic carbocycles. The number of aromatic nitrogens is 2. The normalized spacial score (nSPS) is 17.6. The van der Waals surface area contributed by atoms with E-state index in [0.717, 1.165) is 11.3 Å². The van der Waals surface area contributed by atoms with E-state index in [2.05, 4.69) is 10.4 Å². The van der Waals surface area contributed by atoms with Crippen molar-refractivity contribution in [2.75, 3.05) is 30.0 Å². The molecule has 0 aliphatic carbocycles. The molecule has 8 heteroatoms. The average molecular weight is 418 g/mol. The van der Waals surface area contributed by atoms with Crippen LogP contribution in [0.15, 0.2) is 60.9 Å². The van der Waals surface area contributed by atoms with Crippen LogP contribution < -0.4 is 19.7 Å². The summed E-state index contributed by atoms with van der Waals surface area (Å²) in [4.78, 5) is 27.3. The minimum atomic E-state index is -0.432. The summed E-state index contributed by atoms with van der Waals surface area (Å²) >= 11 is 0. The fourth-order valence-corrected chi connectivity index (χ4v) is 3.92. The first-order chi connectivity index (χ1) is 15.2. The number of hydrogen-bond donors (Lipinski definition) is 1. The van der Waals surface area contributed by atoms with Crippen LogP contribution in [-0.4, -0.2) is 41.4 Å². The van der Waals surface area contributed by atoms with Gasteiger partial charge in [-0.05, 0) is 29.8 Å². The predicted molar refractivity (Wildman–Crippen MR) is 114 cm³/mol. The third-order valence-electron chi connectivity index (χ3n) is 5.50. The molecule has 8 nitrogen and oxygen atoms in total. The smallest absolute Gasteiger partial charge is 0.229 e. The largest absolute Gasteiger partial charge is 0.486 e. The van der Waals surface area contributed by atoms with Gasteiger partial charge in [-0.25, -0.2) is 0 Å². The number of hydrogen-bond acceptors (Lipinski definition) is 5. The highest BCUT2D eigenvalue weighted by molar-refractivity contribution is 6.03. The number of nitrogens with zero attached hydrogens (tertiary/aromatic N) is 3. The maximum absolute atomic E-state index is 13.0. The van der Waals surface area contributed by atoms with Gasteiger partial charge in [-0.3, -0.25) is 14.3 Å². The predicted octanol–water partition coefficient (Wildman–Crippen LogP) is 2.69. The third-order valence-corrected chi connectivity index (χ3v) is 5.50. The summed E-state index contributed by atoms with van der Waals surface area (Å²) in [6.45, 7) is 1.87. The van der Waals surface area contributed by atoms with Crippen LogP contribution in [-0.2, 0) is 16.1 Å². The van der Waals surface area contributed by atoms with Gasteiger partial charge >= 0.3 is 0 Å². The number of carbonyl (C=O) groups is 2. The SMILES string of the molecule is O=C(Nc1ccccc1Cn1cccn1)C1CC(=O)N(c2ccc3c(c2)OCCO3)C1. The number of para-hydroxylation sites is 1. The molecular formula is C23H22N4O4. The van der Waals surface area contributed by atoms with Gasteiger partial charge in [0.2, 0.25) is 11.8 Å². The summed E-state index contributed by atoms with van der Waals surface area (Å²) in [5.41, 5.74) is 2.39. The van der Waals surface area contributed by atoms with Crippen molar-refractivity contribution in [1.29, 1.82) is 0 Å². The van der Waals surface area contributed by atoms with Crippen molar-refractivity contribution < 1.29 is 19.1 Å². The molecule has 0 radical (unpaired) electrons. The molecular weight excluding hydrogens is 396 g/mol. The van der Waals surface area contributed by atoms with Crippen LogP contribution in [0.2, 0.25) is 0 Å². The highest BCUT2D eigenvalue weighted by Gasteiger charge is 2.35. The van der Waals surface area contributed by atoms with E-state index < -0.39 is 5.92 Å². The molecule has 158 valence electrons. The standard InChI is InChI=1S/C23H22N4O4/c28-22-12-17(15-27(22)18-6-7-20-21(13-18)31-11-10-30-20)23(29)25-19-5-2-1-4-16(19)14-26-9-3-8-24-26/h1-9,13,17H,10-12,14-15H2,(H,25,29). The molecule has 1 N–H and O–H groups in total. The lowest BCUT2D eigenvalue weighted by Crippen LogP contribution is -2.28. The average Bonchev–Trinajstić information content (AvgIpc) is 3.44. The van der Waals surface area contributed by atoms with Crippen LogP contribution in [0.25, 0.3) is 0 Å². The van der Waals surface area contributed by atoms with Gasteiger partial charge in [0.25, 0.3) is 0 Å². The lowest BCUT2D eigenvalue weighted by atomic mass is 10.1. The molecule has 0 spiro atoms. The van der Waals surface area contributed by atoms with E-state index in [1.165, 1.54) is 0 Å². The van der Waals surface area contributed by atoms with E-state index in [9.17, 15) is 9.59 Å². The van der Waals surface area contributed by atoms with Crippen molar-refractivity contribution >= 4 is 23.2 Å². The van der Waals surface area contributed by atoms with Crippen LogP contribution in [0, 0.1) is 5.92 Å². The van der Waals surface area contributed by atoms with Gasteiger partial charge in [-0.1, -0.05) is 18.2 Å². The molecule has 1 unspecified atom stereocenters. The second-order valence-electron chi connectivity index (χ2n) is 7.58. The second kappa shape index (κ2) is 8.14. The highest BCUT2D eigenvalue weighted by Crippen LogP contribution is 2.36. The zero-order chi connectivity index (χ0) is 21.2. The monoisotopic (exact) mass is 418 g/mol. The molecule has 3 aromatic rings. The number of benzene rings is 2. The first kappa shape index (κ1) is 19.2. The Hall–Kier alpha value is -3.81.